The predicted molar refractivity (Wildman–Crippen MR) is 121 cm³/mol. The highest BCUT2D eigenvalue weighted by Crippen LogP contribution is 2.38. The van der Waals surface area contributed by atoms with Crippen molar-refractivity contribution in [2.45, 2.75) is 64.1 Å². The lowest BCUT2D eigenvalue weighted by molar-refractivity contribution is -0.127. The van der Waals surface area contributed by atoms with Gasteiger partial charge in [-0.1, -0.05) is 31.4 Å². The van der Waals surface area contributed by atoms with Crippen LogP contribution in [-0.4, -0.2) is 52.9 Å². The lowest BCUT2D eigenvalue weighted by atomic mass is 9.91. The molecule has 1 aliphatic heterocycles. The van der Waals surface area contributed by atoms with Gasteiger partial charge in [0, 0.05) is 12.1 Å². The fraction of sp³-hybridized carbons (Fsp3) is 0.500. The van der Waals surface area contributed by atoms with Crippen molar-refractivity contribution in [3.8, 4) is 5.75 Å². The molecule has 1 N–H and O–H groups in total. The van der Waals surface area contributed by atoms with Crippen LogP contribution in [0.2, 0.25) is 0 Å². The molecule has 4 rings (SSSR count). The summed E-state index contributed by atoms with van der Waals surface area (Å²) in [6.07, 6.45) is 5.16. The van der Waals surface area contributed by atoms with Crippen LogP contribution in [0.1, 0.15) is 66.9 Å². The molecule has 0 bridgehead atoms. The smallest absolute Gasteiger partial charge is 0.358 e. The molecule has 1 aromatic carbocycles. The third kappa shape index (κ3) is 4.19. The Morgan fingerprint density at radius 3 is 2.64 bits per heavy atom. The average Bonchev–Trinajstić information content (AvgIpc) is 3.24. The monoisotopic (exact) mass is 454 g/mol. The lowest BCUT2D eigenvalue weighted by Crippen LogP contribution is -2.65. The number of benzene rings is 1. The molecule has 1 atom stereocenters. The van der Waals surface area contributed by atoms with E-state index in [0.29, 0.717) is 11.4 Å². The van der Waals surface area contributed by atoms with E-state index in [1.54, 1.807) is 38.1 Å². The molecule has 0 radical (unpaired) electrons. The zero-order valence-corrected chi connectivity index (χ0v) is 19.3. The summed E-state index contributed by atoms with van der Waals surface area (Å²) in [5.41, 5.74) is -0.547. The Morgan fingerprint density at radius 2 is 1.94 bits per heavy atom. The number of esters is 1. The number of fused-ring (bicyclic) bond motifs is 1. The number of nitrogens with one attached hydrogen (secondary N) is 1. The van der Waals surface area contributed by atoms with Crippen molar-refractivity contribution in [2.24, 2.45) is 0 Å². The SMILES string of the molecule is CCOC(=O)c1cc2n(n1)CC(C)(C(=O)NC1CCCCC1)N(c1ccccc1OC)C2=O. The molecule has 1 aromatic heterocycles. The van der Waals surface area contributed by atoms with Gasteiger partial charge in [0.15, 0.2) is 5.69 Å². The van der Waals surface area contributed by atoms with E-state index in [2.05, 4.69) is 10.4 Å². The first-order chi connectivity index (χ1) is 15.9. The van der Waals surface area contributed by atoms with Crippen LogP contribution in [0.3, 0.4) is 0 Å². The van der Waals surface area contributed by atoms with E-state index in [0.717, 1.165) is 25.7 Å². The maximum absolute atomic E-state index is 13.8. The molecule has 33 heavy (non-hydrogen) atoms. The molecule has 0 saturated heterocycles. The zero-order chi connectivity index (χ0) is 23.6. The van der Waals surface area contributed by atoms with Crippen molar-refractivity contribution < 1.29 is 23.9 Å². The van der Waals surface area contributed by atoms with E-state index >= 15 is 0 Å². The summed E-state index contributed by atoms with van der Waals surface area (Å²) < 4.78 is 12.0. The van der Waals surface area contributed by atoms with Crippen LogP contribution in [0.15, 0.2) is 30.3 Å². The van der Waals surface area contributed by atoms with Crippen LogP contribution in [0.5, 0.6) is 5.75 Å². The number of ether oxygens (including phenoxy) is 2. The quantitative estimate of drug-likeness (QED) is 0.674. The van der Waals surface area contributed by atoms with E-state index in [4.69, 9.17) is 9.47 Å². The predicted octanol–water partition coefficient (Wildman–Crippen LogP) is 2.94. The van der Waals surface area contributed by atoms with E-state index in [-0.39, 0.29) is 36.5 Å². The van der Waals surface area contributed by atoms with Gasteiger partial charge < -0.3 is 14.8 Å². The number of hydrogen-bond acceptors (Lipinski definition) is 6. The van der Waals surface area contributed by atoms with Crippen LogP contribution >= 0.6 is 0 Å². The fourth-order valence-corrected chi connectivity index (χ4v) is 4.67. The molecule has 2 amide bonds. The third-order valence-electron chi connectivity index (χ3n) is 6.39. The number of carbonyl (C=O) groups excluding carboxylic acids is 3. The van der Waals surface area contributed by atoms with Crippen molar-refractivity contribution in [1.82, 2.24) is 15.1 Å². The number of methoxy groups -OCH3 is 1. The molecule has 1 fully saturated rings. The maximum atomic E-state index is 13.8. The summed E-state index contributed by atoms with van der Waals surface area (Å²) in [5, 5.41) is 7.46. The van der Waals surface area contributed by atoms with Gasteiger partial charge in [0.25, 0.3) is 5.91 Å². The van der Waals surface area contributed by atoms with Gasteiger partial charge in [0.2, 0.25) is 5.91 Å². The number of carbonyl (C=O) groups is 3. The van der Waals surface area contributed by atoms with Crippen molar-refractivity contribution in [2.75, 3.05) is 18.6 Å². The number of anilines is 1. The van der Waals surface area contributed by atoms with E-state index < -0.39 is 17.4 Å². The second-order valence-corrected chi connectivity index (χ2v) is 8.69. The van der Waals surface area contributed by atoms with Crippen LogP contribution in [0, 0.1) is 0 Å². The Kier molecular flexibility index (Phi) is 6.40. The minimum atomic E-state index is -1.28. The topological polar surface area (TPSA) is 103 Å². The van der Waals surface area contributed by atoms with Gasteiger partial charge in [-0.2, -0.15) is 5.10 Å². The van der Waals surface area contributed by atoms with Crippen LogP contribution in [0.25, 0.3) is 0 Å². The van der Waals surface area contributed by atoms with Crippen molar-refractivity contribution >= 4 is 23.5 Å². The Bertz CT molecular complexity index is 1060. The number of para-hydroxylation sites is 2. The molecule has 9 heteroatoms. The Hall–Kier alpha value is -3.36. The van der Waals surface area contributed by atoms with Gasteiger partial charge in [-0.05, 0) is 38.8 Å². The molecule has 0 spiro atoms. The first kappa shape index (κ1) is 22.8. The summed E-state index contributed by atoms with van der Waals surface area (Å²) in [6, 6.07) is 8.59. The van der Waals surface area contributed by atoms with Gasteiger partial charge >= 0.3 is 5.97 Å². The minimum Gasteiger partial charge on any atom is -0.495 e. The van der Waals surface area contributed by atoms with E-state index in [1.807, 2.05) is 0 Å². The number of nitrogens with zero attached hydrogens (tertiary/aromatic N) is 3. The maximum Gasteiger partial charge on any atom is 0.358 e. The standard InChI is InChI=1S/C24H30N4O5/c1-4-33-22(30)17-14-19-21(29)28(18-12-8-9-13-20(18)32-3)24(2,15-27(19)26-17)23(31)25-16-10-6-5-7-11-16/h8-9,12-14,16H,4-7,10-11,15H2,1-3H3,(H,25,31). The summed E-state index contributed by atoms with van der Waals surface area (Å²) in [6.45, 7) is 3.72. The molecule has 9 nitrogen and oxygen atoms in total. The number of hydrogen-bond donors (Lipinski definition) is 1. The Balaban J connectivity index is 1.77. The second-order valence-electron chi connectivity index (χ2n) is 8.69. The Labute approximate surface area is 193 Å². The number of rotatable bonds is 6. The van der Waals surface area contributed by atoms with Crippen molar-refractivity contribution in [3.63, 3.8) is 0 Å². The van der Waals surface area contributed by atoms with E-state index in [9.17, 15) is 14.4 Å². The first-order valence-corrected chi connectivity index (χ1v) is 11.4. The first-order valence-electron chi connectivity index (χ1n) is 11.4. The molecule has 2 heterocycles. The second kappa shape index (κ2) is 9.25. The molecule has 1 unspecified atom stereocenters. The van der Waals surface area contributed by atoms with Crippen LogP contribution in [-0.2, 0) is 16.1 Å². The number of aromatic nitrogens is 2. The number of amides is 2. The molecule has 2 aliphatic rings. The lowest BCUT2D eigenvalue weighted by Gasteiger charge is -2.44. The van der Waals surface area contributed by atoms with Gasteiger partial charge in [0.05, 0.1) is 25.9 Å². The molecule has 1 aliphatic carbocycles. The van der Waals surface area contributed by atoms with Crippen molar-refractivity contribution in [1.29, 1.82) is 0 Å². The normalized spacial score (nSPS) is 20.8. The third-order valence-corrected chi connectivity index (χ3v) is 6.39. The van der Waals surface area contributed by atoms with Gasteiger partial charge in [0.1, 0.15) is 17.0 Å². The largest absolute Gasteiger partial charge is 0.495 e. The highest BCUT2D eigenvalue weighted by Gasteiger charge is 2.50. The molecule has 176 valence electrons. The Morgan fingerprint density at radius 1 is 1.21 bits per heavy atom. The highest BCUT2D eigenvalue weighted by atomic mass is 16.5. The fourth-order valence-electron chi connectivity index (χ4n) is 4.67. The van der Waals surface area contributed by atoms with Gasteiger partial charge in [-0.3, -0.25) is 19.2 Å². The molecular weight excluding hydrogens is 424 g/mol. The van der Waals surface area contributed by atoms with Crippen molar-refractivity contribution in [3.05, 3.63) is 41.7 Å². The summed E-state index contributed by atoms with van der Waals surface area (Å²) >= 11 is 0. The van der Waals surface area contributed by atoms with Crippen LogP contribution < -0.4 is 15.0 Å². The minimum absolute atomic E-state index is 0.0390. The zero-order valence-electron chi connectivity index (χ0n) is 19.3. The average molecular weight is 455 g/mol. The molecular formula is C24H30N4O5. The molecule has 2 aromatic rings. The van der Waals surface area contributed by atoms with Gasteiger partial charge in [-0.15, -0.1) is 0 Å². The van der Waals surface area contributed by atoms with E-state index in [1.165, 1.54) is 29.2 Å². The van der Waals surface area contributed by atoms with Gasteiger partial charge in [-0.25, -0.2) is 4.79 Å². The summed E-state index contributed by atoms with van der Waals surface area (Å²) in [5.74, 6) is -0.826. The molecule has 1 saturated carbocycles. The highest BCUT2D eigenvalue weighted by molar-refractivity contribution is 6.13. The summed E-state index contributed by atoms with van der Waals surface area (Å²) in [7, 11) is 1.52. The summed E-state index contributed by atoms with van der Waals surface area (Å²) in [4.78, 5) is 41.2. The van der Waals surface area contributed by atoms with Crippen LogP contribution in [0.4, 0.5) is 5.69 Å².